The minimum atomic E-state index is -0.397. The van der Waals surface area contributed by atoms with Crippen LogP contribution in [-0.4, -0.2) is 34.6 Å². The minimum Gasteiger partial charge on any atom is -0.353 e. The summed E-state index contributed by atoms with van der Waals surface area (Å²) in [5.41, 5.74) is 0. The van der Waals surface area contributed by atoms with Gasteiger partial charge in [0.25, 0.3) is 0 Å². The molecular formula is C9H11ClFN3S. The highest BCUT2D eigenvalue weighted by molar-refractivity contribution is 7.99. The second kappa shape index (κ2) is 4.99. The molecule has 0 N–H and O–H groups in total. The number of hydrogen-bond donors (Lipinski definition) is 0. The molecule has 0 saturated carbocycles. The zero-order chi connectivity index (χ0) is 10.7. The number of rotatable bonds is 1. The maximum atomic E-state index is 13.5. The van der Waals surface area contributed by atoms with Crippen LogP contribution in [0.25, 0.3) is 0 Å². The Hall–Kier alpha value is -0.550. The van der Waals surface area contributed by atoms with Gasteiger partial charge in [0.1, 0.15) is 0 Å². The number of halogens is 2. The van der Waals surface area contributed by atoms with Crippen molar-refractivity contribution in [2.75, 3.05) is 29.5 Å². The van der Waals surface area contributed by atoms with Gasteiger partial charge in [-0.1, -0.05) is 0 Å². The van der Waals surface area contributed by atoms with Gasteiger partial charge in [0.2, 0.25) is 5.28 Å². The number of anilines is 1. The molecule has 0 unspecified atom stereocenters. The summed E-state index contributed by atoms with van der Waals surface area (Å²) in [5.74, 6) is 2.06. The van der Waals surface area contributed by atoms with Crippen LogP contribution in [-0.2, 0) is 0 Å². The largest absolute Gasteiger partial charge is 0.353 e. The molecule has 0 bridgehead atoms. The number of nitrogens with zero attached hydrogens (tertiary/aromatic N) is 3. The highest BCUT2D eigenvalue weighted by atomic mass is 35.5. The Morgan fingerprint density at radius 2 is 2.27 bits per heavy atom. The van der Waals surface area contributed by atoms with E-state index in [2.05, 4.69) is 9.97 Å². The van der Waals surface area contributed by atoms with Crippen LogP contribution in [0.1, 0.15) is 6.42 Å². The van der Waals surface area contributed by atoms with E-state index < -0.39 is 5.82 Å². The molecule has 0 spiro atoms. The first-order chi connectivity index (χ1) is 7.27. The molecular weight excluding hydrogens is 237 g/mol. The molecule has 2 rings (SSSR count). The van der Waals surface area contributed by atoms with Crippen LogP contribution < -0.4 is 4.90 Å². The van der Waals surface area contributed by atoms with Crippen LogP contribution in [0.3, 0.4) is 0 Å². The Labute approximate surface area is 97.0 Å². The van der Waals surface area contributed by atoms with Gasteiger partial charge in [0.15, 0.2) is 11.6 Å². The summed E-state index contributed by atoms with van der Waals surface area (Å²) < 4.78 is 13.5. The van der Waals surface area contributed by atoms with E-state index in [4.69, 9.17) is 11.6 Å². The molecule has 0 amide bonds. The fourth-order valence-electron chi connectivity index (χ4n) is 1.52. The number of thioether (sulfide) groups is 1. The lowest BCUT2D eigenvalue weighted by Gasteiger charge is -2.21. The third-order valence-electron chi connectivity index (χ3n) is 2.22. The smallest absolute Gasteiger partial charge is 0.224 e. The quantitative estimate of drug-likeness (QED) is 0.712. The predicted molar refractivity (Wildman–Crippen MR) is 61.2 cm³/mol. The molecule has 1 aliphatic rings. The summed E-state index contributed by atoms with van der Waals surface area (Å²) in [6.45, 7) is 1.65. The van der Waals surface area contributed by atoms with Crippen molar-refractivity contribution in [3.63, 3.8) is 0 Å². The molecule has 6 heteroatoms. The second-order valence-corrected chi connectivity index (χ2v) is 4.83. The summed E-state index contributed by atoms with van der Waals surface area (Å²) in [6, 6.07) is 0. The lowest BCUT2D eigenvalue weighted by atomic mass is 10.4. The van der Waals surface area contributed by atoms with E-state index in [1.807, 2.05) is 16.7 Å². The lowest BCUT2D eigenvalue weighted by Crippen LogP contribution is -2.27. The van der Waals surface area contributed by atoms with Gasteiger partial charge in [-0.25, -0.2) is 9.37 Å². The van der Waals surface area contributed by atoms with Crippen molar-refractivity contribution in [2.45, 2.75) is 6.42 Å². The maximum Gasteiger partial charge on any atom is 0.224 e. The minimum absolute atomic E-state index is 0.100. The average molecular weight is 248 g/mol. The van der Waals surface area contributed by atoms with Crippen molar-refractivity contribution in [3.05, 3.63) is 17.3 Å². The molecule has 1 aromatic rings. The zero-order valence-corrected chi connectivity index (χ0v) is 9.69. The van der Waals surface area contributed by atoms with Gasteiger partial charge in [-0.05, 0) is 23.8 Å². The van der Waals surface area contributed by atoms with Crippen molar-refractivity contribution in [1.82, 2.24) is 9.97 Å². The van der Waals surface area contributed by atoms with E-state index in [0.29, 0.717) is 5.82 Å². The second-order valence-electron chi connectivity index (χ2n) is 3.26. The van der Waals surface area contributed by atoms with Crippen LogP contribution >= 0.6 is 23.4 Å². The van der Waals surface area contributed by atoms with Crippen LogP contribution in [0, 0.1) is 5.82 Å². The van der Waals surface area contributed by atoms with E-state index in [0.717, 1.165) is 37.2 Å². The Kier molecular flexibility index (Phi) is 3.64. The third kappa shape index (κ3) is 2.72. The zero-order valence-electron chi connectivity index (χ0n) is 8.12. The third-order valence-corrected chi connectivity index (χ3v) is 3.45. The summed E-state index contributed by atoms with van der Waals surface area (Å²) in [7, 11) is 0. The van der Waals surface area contributed by atoms with Crippen LogP contribution in [0.2, 0.25) is 5.28 Å². The molecule has 0 atom stereocenters. The van der Waals surface area contributed by atoms with Crippen molar-refractivity contribution < 1.29 is 4.39 Å². The summed E-state index contributed by atoms with van der Waals surface area (Å²) in [4.78, 5) is 9.47. The van der Waals surface area contributed by atoms with E-state index in [1.165, 1.54) is 0 Å². The summed E-state index contributed by atoms with van der Waals surface area (Å²) >= 11 is 7.54. The van der Waals surface area contributed by atoms with Crippen LogP contribution in [0.15, 0.2) is 6.20 Å². The van der Waals surface area contributed by atoms with Gasteiger partial charge in [-0.2, -0.15) is 16.7 Å². The van der Waals surface area contributed by atoms with Gasteiger partial charge in [0, 0.05) is 18.8 Å². The van der Waals surface area contributed by atoms with E-state index >= 15 is 0 Å². The Morgan fingerprint density at radius 3 is 3.13 bits per heavy atom. The molecule has 1 aromatic heterocycles. The van der Waals surface area contributed by atoms with Gasteiger partial charge in [-0.15, -0.1) is 0 Å². The van der Waals surface area contributed by atoms with Gasteiger partial charge in [-0.3, -0.25) is 0 Å². The predicted octanol–water partition coefficient (Wildman–Crippen LogP) is 2.21. The Balaban J connectivity index is 2.22. The SMILES string of the molecule is Fc1cnc(Cl)nc1N1CCCSCC1. The van der Waals surface area contributed by atoms with Gasteiger partial charge >= 0.3 is 0 Å². The molecule has 15 heavy (non-hydrogen) atoms. The first-order valence-electron chi connectivity index (χ1n) is 4.78. The monoisotopic (exact) mass is 247 g/mol. The molecule has 1 aliphatic heterocycles. The fourth-order valence-corrected chi connectivity index (χ4v) is 2.53. The van der Waals surface area contributed by atoms with Crippen molar-refractivity contribution in [3.8, 4) is 0 Å². The fraction of sp³-hybridized carbons (Fsp3) is 0.556. The molecule has 82 valence electrons. The highest BCUT2D eigenvalue weighted by Crippen LogP contribution is 2.20. The Bertz CT molecular complexity index is 342. The standard InChI is InChI=1S/C9H11ClFN3S/c10-9-12-6-7(11)8(13-9)14-2-1-4-15-5-3-14/h6H,1-5H2. The van der Waals surface area contributed by atoms with Gasteiger partial charge < -0.3 is 4.90 Å². The van der Waals surface area contributed by atoms with Crippen LogP contribution in [0.4, 0.5) is 10.2 Å². The molecule has 0 aliphatic carbocycles. The molecule has 1 fully saturated rings. The van der Waals surface area contributed by atoms with Gasteiger partial charge in [0.05, 0.1) is 6.20 Å². The first-order valence-corrected chi connectivity index (χ1v) is 6.31. The van der Waals surface area contributed by atoms with Crippen molar-refractivity contribution in [1.29, 1.82) is 0 Å². The summed E-state index contributed by atoms with van der Waals surface area (Å²) in [5, 5.41) is 0.100. The molecule has 1 saturated heterocycles. The van der Waals surface area contributed by atoms with Crippen molar-refractivity contribution in [2.24, 2.45) is 0 Å². The molecule has 0 radical (unpaired) electrons. The van der Waals surface area contributed by atoms with E-state index in [1.54, 1.807) is 0 Å². The first kappa shape index (κ1) is 11.0. The van der Waals surface area contributed by atoms with Crippen molar-refractivity contribution >= 4 is 29.2 Å². The van der Waals surface area contributed by atoms with Crippen LogP contribution in [0.5, 0.6) is 0 Å². The molecule has 2 heterocycles. The van der Waals surface area contributed by atoms with E-state index in [-0.39, 0.29) is 5.28 Å². The number of hydrogen-bond acceptors (Lipinski definition) is 4. The average Bonchev–Trinajstić information content (AvgIpc) is 2.50. The Morgan fingerprint density at radius 1 is 1.40 bits per heavy atom. The topological polar surface area (TPSA) is 29.0 Å². The summed E-state index contributed by atoms with van der Waals surface area (Å²) in [6.07, 6.45) is 2.18. The number of aromatic nitrogens is 2. The normalized spacial score (nSPS) is 17.6. The highest BCUT2D eigenvalue weighted by Gasteiger charge is 2.16. The molecule has 0 aromatic carbocycles. The maximum absolute atomic E-state index is 13.5. The van der Waals surface area contributed by atoms with E-state index in [9.17, 15) is 4.39 Å². The lowest BCUT2D eigenvalue weighted by molar-refractivity contribution is 0.602. The molecule has 3 nitrogen and oxygen atoms in total.